The van der Waals surface area contributed by atoms with E-state index in [4.69, 9.17) is 17.2 Å². The maximum absolute atomic E-state index is 5.80. The first-order valence-electron chi connectivity index (χ1n) is 13.3. The quantitative estimate of drug-likeness (QED) is 0.653. The topological polar surface area (TPSA) is 37.9 Å². The van der Waals surface area contributed by atoms with E-state index in [1.807, 2.05) is 0 Å². The Kier molecular flexibility index (Phi) is 7.52. The molecule has 0 unspecified atom stereocenters. The standard InChI is InChI=1S/C27H40N6S/c1-3-30-11-13-32(14-12-30)26-19-21(2)24-20-22(9-10-25(24)29-26)28-27(34)33-17-15-31(16-18-33)23-7-5-4-6-8-23/h9-10,19-20,23H,3-8,11-18H2,1-2H3,(H,28,34). The Morgan fingerprint density at radius 3 is 2.41 bits per heavy atom. The summed E-state index contributed by atoms with van der Waals surface area (Å²) in [6.07, 6.45) is 6.98. The maximum atomic E-state index is 5.80. The molecule has 7 heteroatoms. The molecule has 1 N–H and O–H groups in total. The number of benzene rings is 1. The number of aromatic nitrogens is 1. The van der Waals surface area contributed by atoms with Gasteiger partial charge >= 0.3 is 0 Å². The highest BCUT2D eigenvalue weighted by molar-refractivity contribution is 7.80. The Balaban J connectivity index is 1.20. The van der Waals surface area contributed by atoms with Crippen LogP contribution in [0, 0.1) is 6.92 Å². The number of likely N-dealkylation sites (N-methyl/N-ethyl adjacent to an activating group) is 1. The second-order valence-corrected chi connectivity index (χ2v) is 10.6. The number of aryl methyl sites for hydroxylation is 1. The Morgan fingerprint density at radius 2 is 1.71 bits per heavy atom. The molecule has 1 aromatic carbocycles. The minimum absolute atomic E-state index is 0.800. The number of nitrogens with one attached hydrogen (secondary N) is 1. The monoisotopic (exact) mass is 480 g/mol. The van der Waals surface area contributed by atoms with Crippen LogP contribution in [0.5, 0.6) is 0 Å². The van der Waals surface area contributed by atoms with Gasteiger partial charge < -0.3 is 20.0 Å². The van der Waals surface area contributed by atoms with E-state index in [1.165, 1.54) is 43.1 Å². The summed E-state index contributed by atoms with van der Waals surface area (Å²) in [5, 5.41) is 5.56. The molecule has 2 aromatic rings. The second-order valence-electron chi connectivity index (χ2n) is 10.2. The fourth-order valence-electron chi connectivity index (χ4n) is 5.85. The first-order chi connectivity index (χ1) is 16.6. The van der Waals surface area contributed by atoms with Crippen LogP contribution < -0.4 is 10.2 Å². The molecule has 6 nitrogen and oxygen atoms in total. The molecule has 0 amide bonds. The smallest absolute Gasteiger partial charge is 0.173 e. The molecule has 1 aliphatic carbocycles. The molecule has 1 saturated carbocycles. The first kappa shape index (κ1) is 23.8. The number of anilines is 2. The normalized spacial score (nSPS) is 21.2. The van der Waals surface area contributed by atoms with Crippen LogP contribution in [-0.4, -0.2) is 89.7 Å². The molecular formula is C27H40N6S. The van der Waals surface area contributed by atoms with Gasteiger partial charge in [0.25, 0.3) is 0 Å². The molecule has 2 aliphatic heterocycles. The van der Waals surface area contributed by atoms with Crippen molar-refractivity contribution in [3.63, 3.8) is 0 Å². The van der Waals surface area contributed by atoms with Gasteiger partial charge in [-0.3, -0.25) is 4.90 Å². The minimum Gasteiger partial charge on any atom is -0.354 e. The average molecular weight is 481 g/mol. The van der Waals surface area contributed by atoms with Crippen LogP contribution >= 0.6 is 12.2 Å². The van der Waals surface area contributed by atoms with Gasteiger partial charge in [-0.2, -0.15) is 0 Å². The summed E-state index contributed by atoms with van der Waals surface area (Å²) in [4.78, 5) is 15.0. The van der Waals surface area contributed by atoms with Gasteiger partial charge in [0, 0.05) is 69.5 Å². The van der Waals surface area contributed by atoms with E-state index in [9.17, 15) is 0 Å². The summed E-state index contributed by atoms with van der Waals surface area (Å²) in [5.74, 6) is 1.10. The predicted octanol–water partition coefficient (Wildman–Crippen LogP) is 4.33. The molecule has 34 heavy (non-hydrogen) atoms. The highest BCUT2D eigenvalue weighted by Gasteiger charge is 2.26. The minimum atomic E-state index is 0.800. The van der Waals surface area contributed by atoms with Crippen molar-refractivity contribution in [3.8, 4) is 0 Å². The average Bonchev–Trinajstić information content (AvgIpc) is 2.89. The summed E-state index contributed by atoms with van der Waals surface area (Å²) in [5.41, 5.74) is 3.39. The van der Waals surface area contributed by atoms with Crippen molar-refractivity contribution in [2.45, 2.75) is 52.0 Å². The van der Waals surface area contributed by atoms with E-state index in [1.54, 1.807) is 0 Å². The predicted molar refractivity (Wildman–Crippen MR) is 147 cm³/mol. The van der Waals surface area contributed by atoms with Crippen LogP contribution in [0.1, 0.15) is 44.6 Å². The lowest BCUT2D eigenvalue weighted by Crippen LogP contribution is -2.53. The van der Waals surface area contributed by atoms with Crippen LogP contribution in [0.15, 0.2) is 24.3 Å². The molecule has 0 atom stereocenters. The summed E-state index contributed by atoms with van der Waals surface area (Å²) in [6.45, 7) is 14.2. The zero-order chi connectivity index (χ0) is 23.5. The van der Waals surface area contributed by atoms with E-state index < -0.39 is 0 Å². The highest BCUT2D eigenvalue weighted by Crippen LogP contribution is 2.27. The third kappa shape index (κ3) is 5.31. The van der Waals surface area contributed by atoms with Gasteiger partial charge in [0.15, 0.2) is 5.11 Å². The molecule has 2 saturated heterocycles. The molecule has 1 aromatic heterocycles. The Hall–Kier alpha value is -1.96. The lowest BCUT2D eigenvalue weighted by Gasteiger charge is -2.41. The van der Waals surface area contributed by atoms with Crippen LogP contribution in [-0.2, 0) is 0 Å². The van der Waals surface area contributed by atoms with E-state index in [-0.39, 0.29) is 0 Å². The summed E-state index contributed by atoms with van der Waals surface area (Å²) in [6, 6.07) is 9.52. The fourth-order valence-corrected chi connectivity index (χ4v) is 6.15. The Bertz CT molecular complexity index is 988. The number of hydrogen-bond acceptors (Lipinski definition) is 5. The van der Waals surface area contributed by atoms with Gasteiger partial charge in [-0.15, -0.1) is 0 Å². The molecule has 0 bridgehead atoms. The Labute approximate surface area is 210 Å². The number of piperazine rings is 2. The van der Waals surface area contributed by atoms with Crippen molar-refractivity contribution < 1.29 is 0 Å². The van der Waals surface area contributed by atoms with Crippen molar-refractivity contribution in [2.75, 3.05) is 69.1 Å². The molecule has 0 spiro atoms. The van der Waals surface area contributed by atoms with Crippen LogP contribution in [0.4, 0.5) is 11.5 Å². The third-order valence-electron chi connectivity index (χ3n) is 8.09. The highest BCUT2D eigenvalue weighted by atomic mass is 32.1. The van der Waals surface area contributed by atoms with Gasteiger partial charge in [-0.25, -0.2) is 4.98 Å². The third-order valence-corrected chi connectivity index (χ3v) is 8.45. The molecule has 0 radical (unpaired) electrons. The zero-order valence-electron chi connectivity index (χ0n) is 20.9. The lowest BCUT2D eigenvalue weighted by atomic mass is 9.94. The van der Waals surface area contributed by atoms with E-state index in [0.717, 1.165) is 87.1 Å². The van der Waals surface area contributed by atoms with Crippen molar-refractivity contribution in [3.05, 3.63) is 29.8 Å². The number of pyridine rings is 1. The van der Waals surface area contributed by atoms with Crippen LogP contribution in [0.25, 0.3) is 10.9 Å². The molecule has 184 valence electrons. The van der Waals surface area contributed by atoms with Crippen molar-refractivity contribution in [1.82, 2.24) is 19.7 Å². The largest absolute Gasteiger partial charge is 0.354 e. The summed E-state index contributed by atoms with van der Waals surface area (Å²) < 4.78 is 0. The molecular weight excluding hydrogens is 440 g/mol. The number of rotatable bonds is 4. The molecule has 3 fully saturated rings. The SMILES string of the molecule is CCN1CCN(c2cc(C)c3cc(NC(=S)N4CCN(C5CCCCC5)CC4)ccc3n2)CC1. The van der Waals surface area contributed by atoms with Gasteiger partial charge in [0.05, 0.1) is 5.52 Å². The van der Waals surface area contributed by atoms with Crippen molar-refractivity contribution >= 4 is 39.7 Å². The van der Waals surface area contributed by atoms with Crippen molar-refractivity contribution in [1.29, 1.82) is 0 Å². The van der Waals surface area contributed by atoms with E-state index >= 15 is 0 Å². The molecule has 5 rings (SSSR count). The van der Waals surface area contributed by atoms with Crippen LogP contribution in [0.2, 0.25) is 0 Å². The lowest BCUT2D eigenvalue weighted by molar-refractivity contribution is 0.108. The number of fused-ring (bicyclic) bond motifs is 1. The summed E-state index contributed by atoms with van der Waals surface area (Å²) in [7, 11) is 0. The second kappa shape index (κ2) is 10.8. The van der Waals surface area contributed by atoms with Gasteiger partial charge in [0.2, 0.25) is 0 Å². The number of nitrogens with zero attached hydrogens (tertiary/aromatic N) is 5. The molecule has 3 heterocycles. The fraction of sp³-hybridized carbons (Fsp3) is 0.630. The van der Waals surface area contributed by atoms with E-state index in [0.29, 0.717) is 0 Å². The zero-order valence-corrected chi connectivity index (χ0v) is 21.7. The summed E-state index contributed by atoms with van der Waals surface area (Å²) >= 11 is 5.80. The number of thiocarbonyl (C=S) groups is 1. The Morgan fingerprint density at radius 1 is 0.971 bits per heavy atom. The number of hydrogen-bond donors (Lipinski definition) is 1. The maximum Gasteiger partial charge on any atom is 0.173 e. The van der Waals surface area contributed by atoms with E-state index in [2.05, 4.69) is 63.0 Å². The van der Waals surface area contributed by atoms with Gasteiger partial charge in [0.1, 0.15) is 5.82 Å². The molecule has 3 aliphatic rings. The van der Waals surface area contributed by atoms with Crippen molar-refractivity contribution in [2.24, 2.45) is 0 Å². The van der Waals surface area contributed by atoms with Gasteiger partial charge in [-0.05, 0) is 68.4 Å². The van der Waals surface area contributed by atoms with Gasteiger partial charge in [-0.1, -0.05) is 26.2 Å². The van der Waals surface area contributed by atoms with Crippen LogP contribution in [0.3, 0.4) is 0 Å². The first-order valence-corrected chi connectivity index (χ1v) is 13.7.